The molecule has 4 nitrogen and oxygen atoms in total. The molecule has 1 aromatic rings. The van der Waals surface area contributed by atoms with Gasteiger partial charge < -0.3 is 9.84 Å². The summed E-state index contributed by atoms with van der Waals surface area (Å²) in [6.45, 7) is 6.28. The number of aliphatic hydroxyl groups excluding tert-OH is 1. The van der Waals surface area contributed by atoms with Crippen molar-refractivity contribution in [1.82, 2.24) is 9.78 Å². The maximum atomic E-state index is 9.77. The molecule has 0 aliphatic carbocycles. The molecule has 0 amide bonds. The molecule has 0 bridgehead atoms. The Kier molecular flexibility index (Phi) is 5.48. The van der Waals surface area contributed by atoms with Crippen molar-refractivity contribution < 1.29 is 9.84 Å². The van der Waals surface area contributed by atoms with Gasteiger partial charge in [0.1, 0.15) is 0 Å². The lowest BCUT2D eigenvalue weighted by atomic mass is 10.1. The minimum absolute atomic E-state index is 0.222. The quantitative estimate of drug-likeness (QED) is 0.796. The van der Waals surface area contributed by atoms with Gasteiger partial charge in [0.25, 0.3) is 0 Å². The van der Waals surface area contributed by atoms with E-state index in [-0.39, 0.29) is 6.10 Å². The summed E-state index contributed by atoms with van der Waals surface area (Å²) >= 11 is 0. The van der Waals surface area contributed by atoms with Crippen LogP contribution in [0.25, 0.3) is 0 Å². The van der Waals surface area contributed by atoms with Crippen LogP contribution < -0.4 is 4.74 Å². The van der Waals surface area contributed by atoms with Gasteiger partial charge in [0.05, 0.1) is 25.1 Å². The highest BCUT2D eigenvalue weighted by Gasteiger charge is 2.14. The molecule has 0 aliphatic rings. The molecule has 1 N–H and O–H groups in total. The summed E-state index contributed by atoms with van der Waals surface area (Å²) in [7, 11) is 1.66. The van der Waals surface area contributed by atoms with Crippen molar-refractivity contribution in [3.05, 3.63) is 11.9 Å². The first-order valence-corrected chi connectivity index (χ1v) is 6.38. The molecule has 1 heterocycles. The monoisotopic (exact) mass is 240 g/mol. The smallest absolute Gasteiger partial charge is 0.159 e. The Labute approximate surface area is 104 Å². The topological polar surface area (TPSA) is 47.3 Å². The molecule has 0 spiro atoms. The SMILES string of the molecule is CCCC(O)CCc1c(OC)cnn1C(C)C. The Morgan fingerprint density at radius 2 is 2.12 bits per heavy atom. The minimum Gasteiger partial charge on any atom is -0.493 e. The second-order valence-electron chi connectivity index (χ2n) is 4.68. The van der Waals surface area contributed by atoms with Crippen LogP contribution in [0.2, 0.25) is 0 Å². The van der Waals surface area contributed by atoms with Crippen LogP contribution in [-0.4, -0.2) is 28.1 Å². The average molecular weight is 240 g/mol. The van der Waals surface area contributed by atoms with Gasteiger partial charge >= 0.3 is 0 Å². The van der Waals surface area contributed by atoms with Crippen molar-refractivity contribution in [2.24, 2.45) is 0 Å². The third kappa shape index (κ3) is 3.73. The molecule has 1 atom stereocenters. The first kappa shape index (κ1) is 14.0. The van der Waals surface area contributed by atoms with Gasteiger partial charge in [-0.1, -0.05) is 13.3 Å². The van der Waals surface area contributed by atoms with Crippen LogP contribution in [0.4, 0.5) is 0 Å². The number of rotatable bonds is 7. The molecule has 17 heavy (non-hydrogen) atoms. The molecule has 1 aromatic heterocycles. The number of hydrogen-bond donors (Lipinski definition) is 1. The highest BCUT2D eigenvalue weighted by atomic mass is 16.5. The molecule has 0 aromatic carbocycles. The van der Waals surface area contributed by atoms with E-state index >= 15 is 0 Å². The van der Waals surface area contributed by atoms with Crippen LogP contribution in [0.1, 0.15) is 51.8 Å². The Balaban J connectivity index is 2.70. The number of methoxy groups -OCH3 is 1. The molecular weight excluding hydrogens is 216 g/mol. The van der Waals surface area contributed by atoms with Crippen LogP contribution in [0, 0.1) is 0 Å². The molecule has 1 rings (SSSR count). The fourth-order valence-electron chi connectivity index (χ4n) is 2.01. The van der Waals surface area contributed by atoms with Gasteiger partial charge in [-0.15, -0.1) is 0 Å². The Morgan fingerprint density at radius 3 is 2.65 bits per heavy atom. The number of nitrogens with zero attached hydrogens (tertiary/aromatic N) is 2. The Bertz CT molecular complexity index is 334. The molecular formula is C13H24N2O2. The summed E-state index contributed by atoms with van der Waals surface area (Å²) in [4.78, 5) is 0. The summed E-state index contributed by atoms with van der Waals surface area (Å²) in [5.74, 6) is 0.822. The van der Waals surface area contributed by atoms with Crippen molar-refractivity contribution in [1.29, 1.82) is 0 Å². The van der Waals surface area contributed by atoms with E-state index in [0.29, 0.717) is 6.04 Å². The van der Waals surface area contributed by atoms with Crippen molar-refractivity contribution in [2.45, 2.75) is 58.6 Å². The van der Waals surface area contributed by atoms with Crippen LogP contribution in [0.5, 0.6) is 5.75 Å². The highest BCUT2D eigenvalue weighted by molar-refractivity contribution is 5.25. The zero-order valence-corrected chi connectivity index (χ0v) is 11.3. The van der Waals surface area contributed by atoms with Crippen LogP contribution in [0.3, 0.4) is 0 Å². The van der Waals surface area contributed by atoms with Crippen LogP contribution in [0.15, 0.2) is 6.20 Å². The van der Waals surface area contributed by atoms with E-state index in [0.717, 1.165) is 37.1 Å². The van der Waals surface area contributed by atoms with E-state index in [4.69, 9.17) is 4.74 Å². The van der Waals surface area contributed by atoms with E-state index in [2.05, 4.69) is 25.9 Å². The van der Waals surface area contributed by atoms with Crippen molar-refractivity contribution in [3.63, 3.8) is 0 Å². The lowest BCUT2D eigenvalue weighted by molar-refractivity contribution is 0.152. The molecule has 0 fully saturated rings. The number of ether oxygens (including phenoxy) is 1. The minimum atomic E-state index is -0.222. The largest absolute Gasteiger partial charge is 0.493 e. The van der Waals surface area contributed by atoms with E-state index < -0.39 is 0 Å². The van der Waals surface area contributed by atoms with E-state index in [9.17, 15) is 5.11 Å². The van der Waals surface area contributed by atoms with Crippen LogP contribution in [-0.2, 0) is 6.42 Å². The van der Waals surface area contributed by atoms with Gasteiger partial charge in [-0.25, -0.2) is 0 Å². The third-order valence-electron chi connectivity index (χ3n) is 2.91. The Morgan fingerprint density at radius 1 is 1.41 bits per heavy atom. The van der Waals surface area contributed by atoms with Crippen molar-refractivity contribution in [3.8, 4) is 5.75 Å². The Hall–Kier alpha value is -1.03. The van der Waals surface area contributed by atoms with E-state index in [1.807, 2.05) is 4.68 Å². The zero-order valence-electron chi connectivity index (χ0n) is 11.3. The maximum absolute atomic E-state index is 9.77. The summed E-state index contributed by atoms with van der Waals surface area (Å²) in [5, 5.41) is 14.1. The highest BCUT2D eigenvalue weighted by Crippen LogP contribution is 2.23. The predicted molar refractivity (Wildman–Crippen MR) is 68.4 cm³/mol. The van der Waals surface area contributed by atoms with Gasteiger partial charge in [-0.3, -0.25) is 4.68 Å². The normalized spacial score (nSPS) is 13.1. The molecule has 0 saturated heterocycles. The lowest BCUT2D eigenvalue weighted by Crippen LogP contribution is -2.12. The summed E-state index contributed by atoms with van der Waals surface area (Å²) < 4.78 is 7.27. The zero-order chi connectivity index (χ0) is 12.8. The average Bonchev–Trinajstić information content (AvgIpc) is 2.69. The van der Waals surface area contributed by atoms with Gasteiger partial charge in [0.2, 0.25) is 0 Å². The van der Waals surface area contributed by atoms with E-state index in [1.54, 1.807) is 13.3 Å². The van der Waals surface area contributed by atoms with Gasteiger partial charge in [0, 0.05) is 6.04 Å². The molecule has 0 saturated carbocycles. The molecule has 98 valence electrons. The summed E-state index contributed by atoms with van der Waals surface area (Å²) in [5.41, 5.74) is 1.08. The van der Waals surface area contributed by atoms with Crippen molar-refractivity contribution in [2.75, 3.05) is 7.11 Å². The van der Waals surface area contributed by atoms with Crippen LogP contribution >= 0.6 is 0 Å². The first-order chi connectivity index (χ1) is 8.10. The molecule has 4 heteroatoms. The summed E-state index contributed by atoms with van der Waals surface area (Å²) in [6.07, 6.45) is 4.98. The third-order valence-corrected chi connectivity index (χ3v) is 2.91. The maximum Gasteiger partial charge on any atom is 0.159 e. The lowest BCUT2D eigenvalue weighted by Gasteiger charge is -2.14. The summed E-state index contributed by atoms with van der Waals surface area (Å²) in [6, 6.07) is 0.317. The molecule has 0 aliphatic heterocycles. The molecule has 1 unspecified atom stereocenters. The van der Waals surface area contributed by atoms with Gasteiger partial charge in [0.15, 0.2) is 5.75 Å². The van der Waals surface area contributed by atoms with Gasteiger partial charge in [-0.05, 0) is 33.1 Å². The second kappa shape index (κ2) is 6.64. The first-order valence-electron chi connectivity index (χ1n) is 6.38. The predicted octanol–water partition coefficient (Wildman–Crippen LogP) is 2.57. The number of aromatic nitrogens is 2. The number of aliphatic hydroxyl groups is 1. The number of hydrogen-bond acceptors (Lipinski definition) is 3. The van der Waals surface area contributed by atoms with Crippen molar-refractivity contribution >= 4 is 0 Å². The van der Waals surface area contributed by atoms with Gasteiger partial charge in [-0.2, -0.15) is 5.10 Å². The fourth-order valence-corrected chi connectivity index (χ4v) is 2.01. The standard InChI is InChI=1S/C13H24N2O2/c1-5-6-11(16)7-8-12-13(17-4)9-14-15(12)10(2)3/h9-11,16H,5-8H2,1-4H3. The van der Waals surface area contributed by atoms with E-state index in [1.165, 1.54) is 0 Å². The fraction of sp³-hybridized carbons (Fsp3) is 0.769. The molecule has 0 radical (unpaired) electrons. The second-order valence-corrected chi connectivity index (χ2v) is 4.68.